The highest BCUT2D eigenvalue weighted by Gasteiger charge is 2.15. The molecular weight excluding hydrogens is 416 g/mol. The first-order chi connectivity index (χ1) is 16.3. The van der Waals surface area contributed by atoms with Crippen LogP contribution in [0.25, 0.3) is 0 Å². The summed E-state index contributed by atoms with van der Waals surface area (Å²) in [4.78, 5) is 0. The fraction of sp³-hybridized carbons (Fsp3) is 0.812. The van der Waals surface area contributed by atoms with Crippen LogP contribution in [0, 0.1) is 0 Å². The summed E-state index contributed by atoms with van der Waals surface area (Å²) < 4.78 is 11.0. The third kappa shape index (κ3) is 16.7. The summed E-state index contributed by atoms with van der Waals surface area (Å²) in [6.45, 7) is 8.76. The van der Waals surface area contributed by atoms with E-state index in [4.69, 9.17) is 9.47 Å². The molecule has 0 amide bonds. The Kier molecular flexibility index (Phi) is 16.9. The predicted molar refractivity (Wildman–Crippen MR) is 150 cm³/mol. The number of benzene rings is 1. The lowest BCUT2D eigenvalue weighted by Crippen LogP contribution is -2.21. The van der Waals surface area contributed by atoms with Gasteiger partial charge in [0, 0.05) is 14.2 Å². The third-order valence-corrected chi connectivity index (χ3v) is 7.62. The fourth-order valence-corrected chi connectivity index (χ4v) is 4.60. The second-order valence-corrected chi connectivity index (χ2v) is 11.7. The van der Waals surface area contributed by atoms with Gasteiger partial charge in [0.15, 0.2) is 0 Å². The molecule has 0 radical (unpaired) electrons. The molecule has 0 aliphatic rings. The lowest BCUT2D eigenvalue weighted by atomic mass is 9.98. The average Bonchev–Trinajstić information content (AvgIpc) is 2.82. The second kappa shape index (κ2) is 18.4. The van der Waals surface area contributed by atoms with Crippen molar-refractivity contribution in [1.29, 1.82) is 0 Å². The summed E-state index contributed by atoms with van der Waals surface area (Å²) in [5.41, 5.74) is 3.14. The van der Waals surface area contributed by atoms with Gasteiger partial charge in [-0.15, -0.1) is 0 Å². The standard InChI is InChI=1S/C32H58O2/c1-31(2,33-5)27-19-15-11-7-9-13-17-21-29-23-25-30(26-24-29)22-18-14-10-8-12-16-20-28-32(3,4)34-6/h23-26H,7-22,27-28H2,1-6H3. The van der Waals surface area contributed by atoms with Crippen LogP contribution in [0.2, 0.25) is 0 Å². The summed E-state index contributed by atoms with van der Waals surface area (Å²) >= 11 is 0. The number of ether oxygens (including phenoxy) is 2. The highest BCUT2D eigenvalue weighted by molar-refractivity contribution is 5.22. The normalized spacial score (nSPS) is 12.4. The van der Waals surface area contributed by atoms with Crippen LogP contribution in [-0.2, 0) is 22.3 Å². The summed E-state index contributed by atoms with van der Waals surface area (Å²) in [6.07, 6.45) is 23.8. The SMILES string of the molecule is COC(C)(C)CCCCCCCCCc1ccc(CCCCCCCCCC(C)(C)OC)cc1. The summed E-state index contributed by atoms with van der Waals surface area (Å²) in [7, 11) is 3.65. The molecule has 0 aromatic heterocycles. The molecule has 2 nitrogen and oxygen atoms in total. The Hall–Kier alpha value is -0.860. The molecule has 0 fully saturated rings. The van der Waals surface area contributed by atoms with Crippen molar-refractivity contribution in [2.75, 3.05) is 14.2 Å². The highest BCUT2D eigenvalue weighted by Crippen LogP contribution is 2.20. The van der Waals surface area contributed by atoms with E-state index in [1.807, 2.05) is 14.2 Å². The van der Waals surface area contributed by atoms with E-state index in [-0.39, 0.29) is 11.2 Å². The molecule has 1 aromatic rings. The van der Waals surface area contributed by atoms with E-state index in [1.165, 1.54) is 127 Å². The Morgan fingerprint density at radius 3 is 1.00 bits per heavy atom. The first-order valence-electron chi connectivity index (χ1n) is 14.5. The molecule has 1 aromatic carbocycles. The molecular formula is C32H58O2. The topological polar surface area (TPSA) is 18.5 Å². The molecule has 34 heavy (non-hydrogen) atoms. The van der Waals surface area contributed by atoms with E-state index in [1.54, 1.807) is 0 Å². The lowest BCUT2D eigenvalue weighted by Gasteiger charge is -2.22. The largest absolute Gasteiger partial charge is 0.379 e. The number of aryl methyl sites for hydroxylation is 2. The van der Waals surface area contributed by atoms with Crippen LogP contribution in [0.1, 0.15) is 142 Å². The van der Waals surface area contributed by atoms with Crippen molar-refractivity contribution in [1.82, 2.24) is 0 Å². The summed E-state index contributed by atoms with van der Waals surface area (Å²) in [5.74, 6) is 0. The Morgan fingerprint density at radius 1 is 0.441 bits per heavy atom. The van der Waals surface area contributed by atoms with Crippen molar-refractivity contribution in [3.8, 4) is 0 Å². The molecule has 0 N–H and O–H groups in total. The molecule has 0 unspecified atom stereocenters. The number of rotatable bonds is 22. The van der Waals surface area contributed by atoms with Crippen LogP contribution in [0.5, 0.6) is 0 Å². The minimum atomic E-state index is 0.0532. The number of unbranched alkanes of at least 4 members (excludes halogenated alkanes) is 12. The molecule has 0 saturated heterocycles. The van der Waals surface area contributed by atoms with Gasteiger partial charge in [0.25, 0.3) is 0 Å². The lowest BCUT2D eigenvalue weighted by molar-refractivity contribution is 0.0131. The predicted octanol–water partition coefficient (Wildman–Crippen LogP) is 9.86. The van der Waals surface area contributed by atoms with Gasteiger partial charge >= 0.3 is 0 Å². The minimum Gasteiger partial charge on any atom is -0.379 e. The van der Waals surface area contributed by atoms with Crippen LogP contribution >= 0.6 is 0 Å². The van der Waals surface area contributed by atoms with Gasteiger partial charge in [-0.25, -0.2) is 0 Å². The minimum absolute atomic E-state index is 0.0532. The van der Waals surface area contributed by atoms with Gasteiger partial charge in [0.05, 0.1) is 11.2 Å². The Bertz CT molecular complexity index is 535. The monoisotopic (exact) mass is 474 g/mol. The molecule has 0 spiro atoms. The first-order valence-corrected chi connectivity index (χ1v) is 14.5. The van der Waals surface area contributed by atoms with E-state index in [9.17, 15) is 0 Å². The highest BCUT2D eigenvalue weighted by atomic mass is 16.5. The molecule has 0 aliphatic heterocycles. The van der Waals surface area contributed by atoms with Gasteiger partial charge in [0.1, 0.15) is 0 Å². The number of methoxy groups -OCH3 is 2. The van der Waals surface area contributed by atoms with E-state index in [0.29, 0.717) is 0 Å². The zero-order valence-electron chi connectivity index (χ0n) is 23.9. The van der Waals surface area contributed by atoms with Crippen LogP contribution in [-0.4, -0.2) is 25.4 Å². The molecule has 0 heterocycles. The summed E-state index contributed by atoms with van der Waals surface area (Å²) in [5, 5.41) is 0. The van der Waals surface area contributed by atoms with Crippen LogP contribution in [0.3, 0.4) is 0 Å². The van der Waals surface area contributed by atoms with Crippen molar-refractivity contribution in [2.24, 2.45) is 0 Å². The number of hydrogen-bond donors (Lipinski definition) is 0. The van der Waals surface area contributed by atoms with Crippen molar-refractivity contribution in [3.63, 3.8) is 0 Å². The smallest absolute Gasteiger partial charge is 0.0622 e. The van der Waals surface area contributed by atoms with Gasteiger partial charge in [-0.1, -0.05) is 101 Å². The van der Waals surface area contributed by atoms with Crippen LogP contribution < -0.4 is 0 Å². The maximum absolute atomic E-state index is 5.50. The van der Waals surface area contributed by atoms with Crippen molar-refractivity contribution in [3.05, 3.63) is 35.4 Å². The van der Waals surface area contributed by atoms with Crippen LogP contribution in [0.4, 0.5) is 0 Å². The quantitative estimate of drug-likeness (QED) is 0.156. The van der Waals surface area contributed by atoms with E-state index in [2.05, 4.69) is 52.0 Å². The zero-order valence-corrected chi connectivity index (χ0v) is 23.9. The van der Waals surface area contributed by atoms with Crippen molar-refractivity contribution in [2.45, 2.75) is 154 Å². The maximum Gasteiger partial charge on any atom is 0.0622 e. The second-order valence-electron chi connectivity index (χ2n) is 11.7. The summed E-state index contributed by atoms with van der Waals surface area (Å²) in [6, 6.07) is 9.48. The van der Waals surface area contributed by atoms with Crippen molar-refractivity contribution < 1.29 is 9.47 Å². The van der Waals surface area contributed by atoms with Crippen LogP contribution in [0.15, 0.2) is 24.3 Å². The van der Waals surface area contributed by atoms with Gasteiger partial charge in [-0.2, -0.15) is 0 Å². The molecule has 2 heteroatoms. The van der Waals surface area contributed by atoms with Crippen molar-refractivity contribution >= 4 is 0 Å². The fourth-order valence-electron chi connectivity index (χ4n) is 4.60. The first kappa shape index (κ1) is 31.2. The molecule has 0 saturated carbocycles. The van der Waals surface area contributed by atoms with E-state index < -0.39 is 0 Å². The van der Waals surface area contributed by atoms with Gasteiger partial charge < -0.3 is 9.47 Å². The number of hydrogen-bond acceptors (Lipinski definition) is 2. The third-order valence-electron chi connectivity index (χ3n) is 7.62. The Balaban J connectivity index is 1.96. The van der Waals surface area contributed by atoms with Gasteiger partial charge in [-0.05, 0) is 77.3 Å². The van der Waals surface area contributed by atoms with Gasteiger partial charge in [-0.3, -0.25) is 0 Å². The molecule has 1 rings (SSSR count). The zero-order chi connectivity index (χ0) is 25.1. The molecule has 0 atom stereocenters. The van der Waals surface area contributed by atoms with E-state index >= 15 is 0 Å². The Morgan fingerprint density at radius 2 is 0.706 bits per heavy atom. The molecule has 0 aliphatic carbocycles. The van der Waals surface area contributed by atoms with E-state index in [0.717, 1.165) is 0 Å². The Labute approximate surface area is 213 Å². The average molecular weight is 475 g/mol. The van der Waals surface area contributed by atoms with Gasteiger partial charge in [0.2, 0.25) is 0 Å². The molecule has 198 valence electrons. The molecule has 0 bridgehead atoms. The maximum atomic E-state index is 5.50.